The van der Waals surface area contributed by atoms with Crippen molar-refractivity contribution in [1.29, 1.82) is 0 Å². The third-order valence-electron chi connectivity index (χ3n) is 6.55. The van der Waals surface area contributed by atoms with Crippen molar-refractivity contribution in [3.05, 3.63) is 87.6 Å². The number of benzene rings is 2. The summed E-state index contributed by atoms with van der Waals surface area (Å²) in [6, 6.07) is 13.5. The number of aliphatic hydroxyl groups excluding tert-OH is 1. The van der Waals surface area contributed by atoms with Gasteiger partial charge < -0.3 is 14.6 Å². The first kappa shape index (κ1) is 29.7. The lowest BCUT2D eigenvalue weighted by molar-refractivity contribution is -0.117. The zero-order valence-electron chi connectivity index (χ0n) is 23.8. The van der Waals surface area contributed by atoms with E-state index in [4.69, 9.17) is 9.47 Å². The summed E-state index contributed by atoms with van der Waals surface area (Å²) in [6.07, 6.45) is 3.83. The predicted molar refractivity (Wildman–Crippen MR) is 160 cm³/mol. The molecule has 0 saturated heterocycles. The summed E-state index contributed by atoms with van der Waals surface area (Å²) in [5.41, 5.74) is 1.70. The minimum Gasteiger partial charge on any atom is -0.503 e. The second kappa shape index (κ2) is 13.0. The van der Waals surface area contributed by atoms with Crippen molar-refractivity contribution < 1.29 is 29.0 Å². The Balaban J connectivity index is 1.81. The number of ether oxygens (including phenoxy) is 2. The molecule has 3 aromatic rings. The Morgan fingerprint density at radius 1 is 1.12 bits per heavy atom. The van der Waals surface area contributed by atoms with Crippen LogP contribution in [0.2, 0.25) is 0 Å². The molecule has 0 bridgehead atoms. The first-order valence-corrected chi connectivity index (χ1v) is 14.4. The van der Waals surface area contributed by atoms with Gasteiger partial charge in [0.25, 0.3) is 5.91 Å². The first-order chi connectivity index (χ1) is 19.6. The van der Waals surface area contributed by atoms with Gasteiger partial charge in [0.1, 0.15) is 0 Å². The van der Waals surface area contributed by atoms with Crippen molar-refractivity contribution in [2.24, 2.45) is 5.92 Å². The first-order valence-electron chi connectivity index (χ1n) is 13.5. The number of Topliss-reactive ketones (excluding diaryl/α,β-unsaturated/α-hetero) is 1. The standard InChI is InChI=1S/C32H34N2O6S/c1-6-39-26-18-23(13-15-25(26)40-17-16-19(2)3)28-27(24(36)14-12-22-10-8-7-9-11-22)29(37)31(38)34(28)32-33-20(4)30(41-32)21(5)35/h7-15,18-19,28,37H,6,16-17H2,1-5H3/b14-12+. The molecule has 0 saturated carbocycles. The molecule has 1 N–H and O–H groups in total. The number of allylic oxidation sites excluding steroid dienone is 1. The Kier molecular flexibility index (Phi) is 9.39. The fourth-order valence-corrected chi connectivity index (χ4v) is 5.48. The SMILES string of the molecule is CCOc1cc(C2C(C(=O)/C=C/c3ccccc3)=C(O)C(=O)N2c2nc(C)c(C(C)=O)s2)ccc1OCCC(C)C. The number of anilines is 1. The van der Waals surface area contributed by atoms with E-state index >= 15 is 0 Å². The summed E-state index contributed by atoms with van der Waals surface area (Å²) < 4.78 is 11.9. The van der Waals surface area contributed by atoms with Crippen LogP contribution in [0.3, 0.4) is 0 Å². The molecule has 0 radical (unpaired) electrons. The van der Waals surface area contributed by atoms with Crippen LogP contribution in [0.5, 0.6) is 11.5 Å². The van der Waals surface area contributed by atoms with Crippen molar-refractivity contribution in [3.8, 4) is 11.5 Å². The number of aryl methyl sites for hydroxylation is 1. The molecule has 0 aliphatic carbocycles. The fourth-order valence-electron chi connectivity index (χ4n) is 4.49. The zero-order chi connectivity index (χ0) is 29.7. The van der Waals surface area contributed by atoms with Crippen molar-refractivity contribution in [1.82, 2.24) is 4.98 Å². The van der Waals surface area contributed by atoms with E-state index < -0.39 is 23.5 Å². The van der Waals surface area contributed by atoms with Gasteiger partial charge in [0, 0.05) is 6.92 Å². The van der Waals surface area contributed by atoms with Gasteiger partial charge >= 0.3 is 0 Å². The molecular weight excluding hydrogens is 540 g/mol. The molecule has 1 amide bonds. The maximum atomic E-state index is 13.6. The van der Waals surface area contributed by atoms with Crippen LogP contribution in [0, 0.1) is 12.8 Å². The summed E-state index contributed by atoms with van der Waals surface area (Å²) in [5, 5.41) is 11.3. The Bertz CT molecular complexity index is 1510. The Hall–Kier alpha value is -4.24. The molecule has 1 unspecified atom stereocenters. The summed E-state index contributed by atoms with van der Waals surface area (Å²) in [4.78, 5) is 45.4. The topological polar surface area (TPSA) is 106 Å². The number of aliphatic hydroxyl groups is 1. The van der Waals surface area contributed by atoms with E-state index in [2.05, 4.69) is 18.8 Å². The van der Waals surface area contributed by atoms with E-state index in [1.807, 2.05) is 37.3 Å². The number of hydrogen-bond donors (Lipinski definition) is 1. The van der Waals surface area contributed by atoms with Gasteiger partial charge in [-0.25, -0.2) is 4.98 Å². The second-order valence-corrected chi connectivity index (χ2v) is 11.1. The van der Waals surface area contributed by atoms with Crippen LogP contribution in [0.25, 0.3) is 6.08 Å². The molecule has 41 heavy (non-hydrogen) atoms. The largest absolute Gasteiger partial charge is 0.503 e. The third kappa shape index (κ3) is 6.57. The van der Waals surface area contributed by atoms with Gasteiger partial charge in [-0.05, 0) is 55.5 Å². The Labute approximate surface area is 243 Å². The zero-order valence-corrected chi connectivity index (χ0v) is 24.7. The van der Waals surface area contributed by atoms with E-state index in [1.54, 1.807) is 31.2 Å². The second-order valence-electron chi connectivity index (χ2n) is 10.1. The van der Waals surface area contributed by atoms with E-state index in [0.717, 1.165) is 23.3 Å². The number of thiazole rings is 1. The van der Waals surface area contributed by atoms with Gasteiger partial charge in [-0.2, -0.15) is 0 Å². The summed E-state index contributed by atoms with van der Waals surface area (Å²) in [5.74, 6) is -0.677. The van der Waals surface area contributed by atoms with E-state index in [-0.39, 0.29) is 16.5 Å². The lowest BCUT2D eigenvalue weighted by Crippen LogP contribution is -2.31. The number of carbonyl (C=O) groups excluding carboxylic acids is 3. The quantitative estimate of drug-likeness (QED) is 0.190. The molecule has 1 atom stereocenters. The third-order valence-corrected chi connectivity index (χ3v) is 7.81. The Morgan fingerprint density at radius 2 is 1.85 bits per heavy atom. The lowest BCUT2D eigenvalue weighted by Gasteiger charge is -2.25. The number of rotatable bonds is 12. The summed E-state index contributed by atoms with van der Waals surface area (Å²) >= 11 is 1.05. The molecular formula is C32H34N2O6S. The number of aromatic nitrogens is 1. The molecule has 0 spiro atoms. The molecule has 2 heterocycles. The average Bonchev–Trinajstić information content (AvgIpc) is 3.45. The van der Waals surface area contributed by atoms with Crippen molar-refractivity contribution in [2.45, 2.75) is 47.1 Å². The van der Waals surface area contributed by atoms with Gasteiger partial charge in [-0.3, -0.25) is 19.3 Å². The highest BCUT2D eigenvalue weighted by Crippen LogP contribution is 2.45. The molecule has 9 heteroatoms. The van der Waals surface area contributed by atoms with Crippen molar-refractivity contribution in [2.75, 3.05) is 18.1 Å². The molecule has 1 aliphatic heterocycles. The molecule has 0 fully saturated rings. The van der Waals surface area contributed by atoms with Gasteiger partial charge in [-0.1, -0.05) is 67.7 Å². The normalized spacial score (nSPS) is 15.3. The minimum absolute atomic E-state index is 0.0877. The molecule has 4 rings (SSSR count). The monoisotopic (exact) mass is 574 g/mol. The molecule has 8 nitrogen and oxygen atoms in total. The number of hydrogen-bond acceptors (Lipinski definition) is 8. The van der Waals surface area contributed by atoms with Gasteiger partial charge in [-0.15, -0.1) is 0 Å². The van der Waals surface area contributed by atoms with Crippen LogP contribution in [0.15, 0.2) is 65.9 Å². The minimum atomic E-state index is -1.01. The van der Waals surface area contributed by atoms with E-state index in [9.17, 15) is 19.5 Å². The van der Waals surface area contributed by atoms with E-state index in [0.29, 0.717) is 46.8 Å². The highest BCUT2D eigenvalue weighted by Gasteiger charge is 2.45. The van der Waals surface area contributed by atoms with Crippen LogP contribution >= 0.6 is 11.3 Å². The number of amides is 1. The summed E-state index contributed by atoms with van der Waals surface area (Å²) in [6.45, 7) is 10.1. The number of nitrogens with zero attached hydrogens (tertiary/aromatic N) is 2. The maximum absolute atomic E-state index is 13.6. The maximum Gasteiger partial charge on any atom is 0.296 e. The van der Waals surface area contributed by atoms with Crippen LogP contribution in [0.1, 0.15) is 66.7 Å². The molecule has 1 aliphatic rings. The van der Waals surface area contributed by atoms with Crippen LogP contribution in [0.4, 0.5) is 5.13 Å². The van der Waals surface area contributed by atoms with Gasteiger partial charge in [0.05, 0.1) is 35.4 Å². The predicted octanol–water partition coefficient (Wildman–Crippen LogP) is 6.66. The van der Waals surface area contributed by atoms with Crippen LogP contribution < -0.4 is 14.4 Å². The van der Waals surface area contributed by atoms with Crippen LogP contribution in [-0.4, -0.2) is 40.8 Å². The van der Waals surface area contributed by atoms with Gasteiger partial charge in [0.15, 0.2) is 34.0 Å². The highest BCUT2D eigenvalue weighted by atomic mass is 32.1. The lowest BCUT2D eigenvalue weighted by atomic mass is 9.95. The van der Waals surface area contributed by atoms with Crippen LogP contribution in [-0.2, 0) is 9.59 Å². The molecule has 1 aromatic heterocycles. The smallest absolute Gasteiger partial charge is 0.296 e. The van der Waals surface area contributed by atoms with E-state index in [1.165, 1.54) is 17.9 Å². The average molecular weight is 575 g/mol. The molecule has 2 aromatic carbocycles. The van der Waals surface area contributed by atoms with Crippen molar-refractivity contribution >= 4 is 40.0 Å². The molecule has 214 valence electrons. The fraction of sp³-hybridized carbons (Fsp3) is 0.312. The summed E-state index contributed by atoms with van der Waals surface area (Å²) in [7, 11) is 0. The van der Waals surface area contributed by atoms with Crippen molar-refractivity contribution in [3.63, 3.8) is 0 Å². The van der Waals surface area contributed by atoms with Gasteiger partial charge in [0.2, 0.25) is 0 Å². The number of carbonyl (C=O) groups is 3. The number of ketones is 2. The highest BCUT2D eigenvalue weighted by molar-refractivity contribution is 7.17. The Morgan fingerprint density at radius 3 is 2.49 bits per heavy atom.